The van der Waals surface area contributed by atoms with E-state index in [1.165, 1.54) is 25.7 Å². The van der Waals surface area contributed by atoms with Crippen LogP contribution in [0, 0.1) is 0 Å². The third-order valence-electron chi connectivity index (χ3n) is 9.98. The van der Waals surface area contributed by atoms with E-state index in [2.05, 4.69) is 111 Å². The molecule has 0 amide bonds. The summed E-state index contributed by atoms with van der Waals surface area (Å²) in [6.07, 6.45) is 57.4. The third kappa shape index (κ3) is 41.4. The van der Waals surface area contributed by atoms with Crippen LogP contribution in [0.25, 0.3) is 0 Å². The van der Waals surface area contributed by atoms with Gasteiger partial charge in [-0.1, -0.05) is 156 Å². The zero-order chi connectivity index (χ0) is 44.9. The van der Waals surface area contributed by atoms with Gasteiger partial charge in [0.05, 0.1) is 34.4 Å². The summed E-state index contributed by atoms with van der Waals surface area (Å²) < 4.78 is 17.3. The molecular formula is C53H88NO7+. The second-order valence-electron chi connectivity index (χ2n) is 16.6. The van der Waals surface area contributed by atoms with Gasteiger partial charge in [0, 0.05) is 19.3 Å². The van der Waals surface area contributed by atoms with E-state index >= 15 is 0 Å². The second kappa shape index (κ2) is 42.9. The number of carbonyl (C=O) groups is 3. The molecule has 0 aliphatic heterocycles. The van der Waals surface area contributed by atoms with Gasteiger partial charge in [-0.3, -0.25) is 9.59 Å². The van der Waals surface area contributed by atoms with Crippen LogP contribution in [0.1, 0.15) is 168 Å². The van der Waals surface area contributed by atoms with E-state index in [-0.39, 0.29) is 36.2 Å². The van der Waals surface area contributed by atoms with Crippen molar-refractivity contribution in [1.29, 1.82) is 0 Å². The number of unbranched alkanes of at least 4 members (excludes halogenated alkanes) is 11. The lowest BCUT2D eigenvalue weighted by molar-refractivity contribution is -0.887. The smallest absolute Gasteiger partial charge is 0.362 e. The average Bonchev–Trinajstić information content (AvgIpc) is 3.22. The topological polar surface area (TPSA) is 99.1 Å². The van der Waals surface area contributed by atoms with Crippen molar-refractivity contribution < 1.29 is 38.2 Å². The summed E-state index contributed by atoms with van der Waals surface area (Å²) in [5, 5.41) is 9.63. The Hall–Kier alpha value is -3.75. The van der Waals surface area contributed by atoms with Crippen molar-refractivity contribution in [3.63, 3.8) is 0 Å². The molecule has 0 saturated carbocycles. The molecule has 0 spiro atoms. The van der Waals surface area contributed by atoms with Crippen molar-refractivity contribution in [2.75, 3.05) is 41.0 Å². The first-order valence-corrected chi connectivity index (χ1v) is 23.8. The number of carboxylic acids is 1. The number of carbonyl (C=O) groups excluding carboxylic acids is 2. The van der Waals surface area contributed by atoms with Gasteiger partial charge in [-0.15, -0.1) is 0 Å². The standard InChI is InChI=1S/C53H87NO7/c1-6-8-10-12-14-16-18-20-22-23-24-25-26-27-28-29-30-32-33-35-37-39-41-43-51(55)60-48-49(47-59-46-45-50(53(57)58)54(3,4)5)61-52(56)44-42-40-38-36-34-31-21-19-17-15-13-11-9-7-2/h8-11,14-17,20-22,24-25,27-28,31,49-50H,6-7,12-13,18-19,23,26,29-30,32-48H2,1-5H3/p+1/b10-8+,11-9+,16-14+,17-15+,22-20+,25-24+,28-27+,31-21+. The molecule has 61 heavy (non-hydrogen) atoms. The minimum atomic E-state index is -0.885. The van der Waals surface area contributed by atoms with Crippen molar-refractivity contribution in [2.24, 2.45) is 0 Å². The SMILES string of the molecule is CC/C=C/C/C=C/C/C=C/C/C=C/C/C=C/CCCCCCCCCC(=O)OCC(COCCC(C(=O)O)[N+](C)(C)C)OC(=O)CCCCCC/C=C/C/C=C/C/C=C/CC. The first-order valence-electron chi connectivity index (χ1n) is 23.8. The summed E-state index contributed by atoms with van der Waals surface area (Å²) >= 11 is 0. The van der Waals surface area contributed by atoms with Crippen molar-refractivity contribution in [2.45, 2.75) is 180 Å². The van der Waals surface area contributed by atoms with Crippen LogP contribution in [-0.2, 0) is 28.6 Å². The van der Waals surface area contributed by atoms with Gasteiger partial charge in [-0.05, 0) is 89.9 Å². The van der Waals surface area contributed by atoms with Crippen LogP contribution in [0.15, 0.2) is 97.2 Å². The highest BCUT2D eigenvalue weighted by Crippen LogP contribution is 2.13. The molecular weight excluding hydrogens is 763 g/mol. The number of aliphatic carboxylic acids is 1. The number of nitrogens with zero attached hydrogens (tertiary/aromatic N) is 1. The maximum Gasteiger partial charge on any atom is 0.362 e. The van der Waals surface area contributed by atoms with E-state index in [0.717, 1.165) is 109 Å². The molecule has 0 aromatic heterocycles. The van der Waals surface area contributed by atoms with Crippen LogP contribution in [0.5, 0.6) is 0 Å². The highest BCUT2D eigenvalue weighted by molar-refractivity contribution is 5.72. The predicted octanol–water partition coefficient (Wildman–Crippen LogP) is 13.5. The number of esters is 2. The number of rotatable bonds is 41. The molecule has 0 radical (unpaired) electrons. The van der Waals surface area contributed by atoms with Crippen molar-refractivity contribution in [3.05, 3.63) is 97.2 Å². The zero-order valence-electron chi connectivity index (χ0n) is 39.3. The molecule has 346 valence electrons. The quantitative estimate of drug-likeness (QED) is 0.0283. The number of allylic oxidation sites excluding steroid dienone is 16. The molecule has 2 atom stereocenters. The van der Waals surface area contributed by atoms with E-state index in [0.29, 0.717) is 19.3 Å². The number of likely N-dealkylation sites (N-methyl/N-ethyl adjacent to an activating group) is 1. The molecule has 2 unspecified atom stereocenters. The number of hydrogen-bond acceptors (Lipinski definition) is 6. The van der Waals surface area contributed by atoms with E-state index in [1.54, 1.807) is 0 Å². The van der Waals surface area contributed by atoms with Gasteiger partial charge in [-0.25, -0.2) is 4.79 Å². The molecule has 0 heterocycles. The fourth-order valence-corrected chi connectivity index (χ4v) is 6.37. The van der Waals surface area contributed by atoms with Crippen molar-refractivity contribution in [3.8, 4) is 0 Å². The van der Waals surface area contributed by atoms with Crippen LogP contribution in [-0.4, -0.2) is 80.6 Å². The lowest BCUT2D eigenvalue weighted by Gasteiger charge is -2.31. The Morgan fingerprint density at radius 1 is 0.492 bits per heavy atom. The van der Waals surface area contributed by atoms with Gasteiger partial charge in [0.2, 0.25) is 0 Å². The molecule has 1 N–H and O–H groups in total. The molecule has 0 fully saturated rings. The largest absolute Gasteiger partial charge is 0.477 e. The van der Waals surface area contributed by atoms with Crippen molar-refractivity contribution >= 4 is 17.9 Å². The van der Waals surface area contributed by atoms with Crippen LogP contribution >= 0.6 is 0 Å². The third-order valence-corrected chi connectivity index (χ3v) is 9.98. The minimum absolute atomic E-state index is 0.0422. The lowest BCUT2D eigenvalue weighted by Crippen LogP contribution is -2.50. The average molecular weight is 851 g/mol. The Labute approximate surface area is 373 Å². The molecule has 8 nitrogen and oxygen atoms in total. The minimum Gasteiger partial charge on any atom is -0.477 e. The summed E-state index contributed by atoms with van der Waals surface area (Å²) in [5.41, 5.74) is 0. The van der Waals surface area contributed by atoms with E-state index in [9.17, 15) is 19.5 Å². The van der Waals surface area contributed by atoms with Gasteiger partial charge in [0.15, 0.2) is 12.1 Å². The van der Waals surface area contributed by atoms with E-state index < -0.39 is 18.1 Å². The van der Waals surface area contributed by atoms with Crippen molar-refractivity contribution in [1.82, 2.24) is 0 Å². The summed E-state index contributed by atoms with van der Waals surface area (Å²) in [7, 11) is 5.51. The molecule has 0 aliphatic rings. The lowest BCUT2D eigenvalue weighted by atomic mass is 10.1. The number of hydrogen-bond donors (Lipinski definition) is 1. The first-order chi connectivity index (χ1) is 29.6. The summed E-state index contributed by atoms with van der Waals surface area (Å²) in [6, 6.07) is -0.626. The predicted molar refractivity (Wildman–Crippen MR) is 256 cm³/mol. The first kappa shape index (κ1) is 57.2. The number of ether oxygens (including phenoxy) is 3. The maximum absolute atomic E-state index is 12.7. The van der Waals surface area contributed by atoms with Gasteiger partial charge >= 0.3 is 17.9 Å². The van der Waals surface area contributed by atoms with Crippen LogP contribution < -0.4 is 0 Å². The Kier molecular flexibility index (Phi) is 40.3. The van der Waals surface area contributed by atoms with Gasteiger partial charge in [-0.2, -0.15) is 0 Å². The summed E-state index contributed by atoms with van der Waals surface area (Å²) in [5.74, 6) is -1.52. The molecule has 0 aromatic rings. The number of quaternary nitrogens is 1. The Morgan fingerprint density at radius 2 is 0.869 bits per heavy atom. The molecule has 0 bridgehead atoms. The molecule has 0 aromatic carbocycles. The Balaban J connectivity index is 4.32. The van der Waals surface area contributed by atoms with Gasteiger partial charge < -0.3 is 23.8 Å². The fourth-order valence-electron chi connectivity index (χ4n) is 6.37. The fraction of sp³-hybridized carbons (Fsp3) is 0.642. The summed E-state index contributed by atoms with van der Waals surface area (Å²) in [4.78, 5) is 37.1. The zero-order valence-corrected chi connectivity index (χ0v) is 39.3. The number of carboxylic acid groups (broad SMARTS) is 1. The van der Waals surface area contributed by atoms with Gasteiger partial charge in [0.1, 0.15) is 6.61 Å². The Morgan fingerprint density at radius 3 is 1.28 bits per heavy atom. The highest BCUT2D eigenvalue weighted by atomic mass is 16.6. The van der Waals surface area contributed by atoms with Crippen LogP contribution in [0.2, 0.25) is 0 Å². The van der Waals surface area contributed by atoms with E-state index in [4.69, 9.17) is 14.2 Å². The normalized spacial score (nSPS) is 13.8. The molecule has 8 heteroatoms. The Bertz CT molecular complexity index is 1310. The summed E-state index contributed by atoms with van der Waals surface area (Å²) in [6.45, 7) is 4.46. The maximum atomic E-state index is 12.7. The molecule has 0 rings (SSSR count). The highest BCUT2D eigenvalue weighted by Gasteiger charge is 2.31. The van der Waals surface area contributed by atoms with Crippen LogP contribution in [0.3, 0.4) is 0 Å². The van der Waals surface area contributed by atoms with Crippen LogP contribution in [0.4, 0.5) is 0 Å². The second-order valence-corrected chi connectivity index (χ2v) is 16.6. The molecule has 0 aliphatic carbocycles. The van der Waals surface area contributed by atoms with Gasteiger partial charge in [0.25, 0.3) is 0 Å². The van der Waals surface area contributed by atoms with E-state index in [1.807, 2.05) is 21.1 Å². The monoisotopic (exact) mass is 851 g/mol. The molecule has 0 saturated heterocycles.